The third-order valence-electron chi connectivity index (χ3n) is 4.36. The van der Waals surface area contributed by atoms with Gasteiger partial charge in [-0.1, -0.05) is 39.7 Å². The fourth-order valence-corrected chi connectivity index (χ4v) is 3.71. The van der Waals surface area contributed by atoms with Crippen molar-refractivity contribution < 1.29 is 9.53 Å². The second-order valence-electron chi connectivity index (χ2n) is 5.83. The molecule has 21 heavy (non-hydrogen) atoms. The van der Waals surface area contributed by atoms with Crippen molar-refractivity contribution in [1.29, 1.82) is 0 Å². The average Bonchev–Trinajstić information content (AvgIpc) is 2.49. The Hall–Kier alpha value is -1.61. The molecule has 0 spiro atoms. The van der Waals surface area contributed by atoms with E-state index in [0.717, 1.165) is 35.3 Å². The Kier molecular flexibility index (Phi) is 2.93. The average molecular weight is 343 g/mol. The highest BCUT2D eigenvalue weighted by atomic mass is 79.9. The highest BCUT2D eigenvalue weighted by molar-refractivity contribution is 9.10. The molecule has 0 amide bonds. The number of carbonyl (C=O) groups is 1. The summed E-state index contributed by atoms with van der Waals surface area (Å²) in [6.07, 6.45) is 1.80. The maximum Gasteiger partial charge on any atom is 0.176 e. The van der Waals surface area contributed by atoms with Gasteiger partial charge in [0.1, 0.15) is 12.4 Å². The molecule has 2 nitrogen and oxygen atoms in total. The zero-order valence-electron chi connectivity index (χ0n) is 11.8. The van der Waals surface area contributed by atoms with Gasteiger partial charge < -0.3 is 4.74 Å². The summed E-state index contributed by atoms with van der Waals surface area (Å²) < 4.78 is 5.89. The first kappa shape index (κ1) is 13.1. The quantitative estimate of drug-likeness (QED) is 0.661. The molecule has 1 atom stereocenters. The highest BCUT2D eigenvalue weighted by Gasteiger charge is 2.28. The molecule has 1 unspecified atom stereocenters. The summed E-state index contributed by atoms with van der Waals surface area (Å²) in [5, 5.41) is 0. The zero-order valence-corrected chi connectivity index (χ0v) is 13.4. The number of aryl methyl sites for hydroxylation is 2. The Morgan fingerprint density at radius 3 is 2.81 bits per heavy atom. The highest BCUT2D eigenvalue weighted by Crippen LogP contribution is 2.41. The lowest BCUT2D eigenvalue weighted by atomic mass is 9.86. The predicted octanol–water partition coefficient (Wildman–Crippen LogP) is 4.45. The summed E-state index contributed by atoms with van der Waals surface area (Å²) in [6, 6.07) is 10.6. The van der Waals surface area contributed by atoms with E-state index in [9.17, 15) is 4.79 Å². The first-order chi connectivity index (χ1) is 10.1. The van der Waals surface area contributed by atoms with Crippen LogP contribution in [0.2, 0.25) is 0 Å². The topological polar surface area (TPSA) is 26.3 Å². The molecule has 1 heterocycles. The van der Waals surface area contributed by atoms with Crippen LogP contribution < -0.4 is 4.74 Å². The monoisotopic (exact) mass is 342 g/mol. The maximum atomic E-state index is 12.3. The van der Waals surface area contributed by atoms with Crippen molar-refractivity contribution in [1.82, 2.24) is 0 Å². The van der Waals surface area contributed by atoms with E-state index in [1.807, 2.05) is 6.07 Å². The largest absolute Gasteiger partial charge is 0.488 e. The SMILES string of the molecule is Cc1ccc2c(c1)COc1cc3c(cc1-2)CCC(Br)C3=O. The number of hydrogen-bond acceptors (Lipinski definition) is 2. The molecule has 0 fully saturated rings. The van der Waals surface area contributed by atoms with E-state index in [1.165, 1.54) is 16.7 Å². The van der Waals surface area contributed by atoms with Crippen LogP contribution in [0.4, 0.5) is 0 Å². The number of carbonyl (C=O) groups excluding carboxylic acids is 1. The van der Waals surface area contributed by atoms with E-state index >= 15 is 0 Å². The van der Waals surface area contributed by atoms with Crippen LogP contribution in [0.15, 0.2) is 30.3 Å². The van der Waals surface area contributed by atoms with Gasteiger partial charge in [-0.3, -0.25) is 4.79 Å². The minimum absolute atomic E-state index is 0.0541. The number of ketones is 1. The molecule has 2 aromatic carbocycles. The molecule has 0 radical (unpaired) electrons. The smallest absolute Gasteiger partial charge is 0.176 e. The van der Waals surface area contributed by atoms with Crippen LogP contribution in [0.3, 0.4) is 0 Å². The van der Waals surface area contributed by atoms with Crippen molar-refractivity contribution in [2.45, 2.75) is 31.2 Å². The van der Waals surface area contributed by atoms with Crippen molar-refractivity contribution in [2.75, 3.05) is 0 Å². The first-order valence-corrected chi connectivity index (χ1v) is 8.13. The number of benzene rings is 2. The van der Waals surface area contributed by atoms with Gasteiger partial charge in [0.25, 0.3) is 0 Å². The van der Waals surface area contributed by atoms with Crippen molar-refractivity contribution >= 4 is 21.7 Å². The Labute approximate surface area is 132 Å². The standard InChI is InChI=1S/C18H15BrO2/c1-10-2-4-13-12(6-10)9-21-17-8-14-11(7-15(13)17)3-5-16(19)18(14)20/h2,4,6-8,16H,3,5,9H2,1H3. The van der Waals surface area contributed by atoms with E-state index in [4.69, 9.17) is 4.74 Å². The van der Waals surface area contributed by atoms with Crippen LogP contribution in [-0.2, 0) is 13.0 Å². The van der Waals surface area contributed by atoms with Gasteiger partial charge in [-0.25, -0.2) is 0 Å². The van der Waals surface area contributed by atoms with Crippen molar-refractivity contribution in [3.63, 3.8) is 0 Å². The number of rotatable bonds is 0. The molecule has 2 aliphatic rings. The second-order valence-corrected chi connectivity index (χ2v) is 6.93. The zero-order chi connectivity index (χ0) is 14.6. The first-order valence-electron chi connectivity index (χ1n) is 7.21. The van der Waals surface area contributed by atoms with Gasteiger partial charge >= 0.3 is 0 Å². The van der Waals surface area contributed by atoms with Gasteiger partial charge in [-0.2, -0.15) is 0 Å². The maximum absolute atomic E-state index is 12.3. The molecule has 106 valence electrons. The number of halogens is 1. The normalized spacial score (nSPS) is 19.3. The lowest BCUT2D eigenvalue weighted by molar-refractivity contribution is 0.0981. The third-order valence-corrected chi connectivity index (χ3v) is 5.23. The number of alkyl halides is 1. The van der Waals surface area contributed by atoms with E-state index in [1.54, 1.807) is 0 Å². The summed E-state index contributed by atoms with van der Waals surface area (Å²) >= 11 is 3.46. The molecule has 1 aliphatic carbocycles. The fraction of sp³-hybridized carbons (Fsp3) is 0.278. The van der Waals surface area contributed by atoms with Gasteiger partial charge in [0, 0.05) is 11.1 Å². The Morgan fingerprint density at radius 1 is 1.10 bits per heavy atom. The van der Waals surface area contributed by atoms with Crippen LogP contribution in [0.25, 0.3) is 11.1 Å². The van der Waals surface area contributed by atoms with Crippen molar-refractivity contribution in [3.8, 4) is 16.9 Å². The number of hydrogen-bond donors (Lipinski definition) is 0. The Bertz CT molecular complexity index is 764. The van der Waals surface area contributed by atoms with Crippen LogP contribution >= 0.6 is 15.9 Å². The summed E-state index contributed by atoms with van der Waals surface area (Å²) in [5.41, 5.74) is 6.79. The fourth-order valence-electron chi connectivity index (χ4n) is 3.23. The van der Waals surface area contributed by atoms with Gasteiger partial charge in [0.15, 0.2) is 5.78 Å². The second kappa shape index (κ2) is 4.70. The van der Waals surface area contributed by atoms with Gasteiger partial charge in [0.05, 0.1) is 4.83 Å². The molecule has 3 heteroatoms. The molecule has 0 bridgehead atoms. The van der Waals surface area contributed by atoms with Crippen LogP contribution in [0.5, 0.6) is 5.75 Å². The molecular formula is C18H15BrO2. The third kappa shape index (κ3) is 2.03. The van der Waals surface area contributed by atoms with Crippen LogP contribution in [0.1, 0.15) is 33.5 Å². The lowest BCUT2D eigenvalue weighted by Crippen LogP contribution is -2.23. The predicted molar refractivity (Wildman–Crippen MR) is 86.3 cm³/mol. The molecule has 0 saturated carbocycles. The van der Waals surface area contributed by atoms with Gasteiger partial charge in [-0.05, 0) is 48.6 Å². The minimum atomic E-state index is -0.0541. The van der Waals surface area contributed by atoms with E-state index < -0.39 is 0 Å². The number of ether oxygens (including phenoxy) is 1. The van der Waals surface area contributed by atoms with Gasteiger partial charge in [0.2, 0.25) is 0 Å². The molecule has 0 N–H and O–H groups in total. The summed E-state index contributed by atoms with van der Waals surface area (Å²) in [6.45, 7) is 2.67. The molecule has 4 rings (SSSR count). The van der Waals surface area contributed by atoms with Crippen molar-refractivity contribution in [3.05, 3.63) is 52.6 Å². The Morgan fingerprint density at radius 2 is 1.95 bits per heavy atom. The molecule has 0 saturated heterocycles. The molecule has 0 aromatic heterocycles. The van der Waals surface area contributed by atoms with Crippen LogP contribution in [-0.4, -0.2) is 10.6 Å². The van der Waals surface area contributed by atoms with Crippen molar-refractivity contribution in [2.24, 2.45) is 0 Å². The number of fused-ring (bicyclic) bond motifs is 4. The molecule has 2 aromatic rings. The van der Waals surface area contributed by atoms with Crippen LogP contribution in [0, 0.1) is 6.92 Å². The lowest BCUT2D eigenvalue weighted by Gasteiger charge is -2.26. The van der Waals surface area contributed by atoms with Gasteiger partial charge in [-0.15, -0.1) is 0 Å². The van der Waals surface area contributed by atoms with E-state index in [2.05, 4.69) is 47.1 Å². The molecule has 1 aliphatic heterocycles. The minimum Gasteiger partial charge on any atom is -0.488 e. The Balaban J connectivity index is 1.90. The summed E-state index contributed by atoms with van der Waals surface area (Å²) in [5.74, 6) is 1.01. The van der Waals surface area contributed by atoms with E-state index in [-0.39, 0.29) is 10.6 Å². The molecular weight excluding hydrogens is 328 g/mol. The number of Topliss-reactive ketones (excluding diaryl/α,β-unsaturated/α-hetero) is 1. The van der Waals surface area contributed by atoms with E-state index in [0.29, 0.717) is 6.61 Å². The summed E-state index contributed by atoms with van der Waals surface area (Å²) in [4.78, 5) is 12.2. The summed E-state index contributed by atoms with van der Waals surface area (Å²) in [7, 11) is 0.